The van der Waals surface area contributed by atoms with Crippen LogP contribution in [0.1, 0.15) is 53.4 Å². The SMILES string of the molecule is CC[C@H]1C[C@]12C(=O)N1CCC[C@H]1C(=O)N2C(=O)OC(C)(C)C. The highest BCUT2D eigenvalue weighted by Crippen LogP contribution is 2.55. The van der Waals surface area contributed by atoms with Gasteiger partial charge in [0.2, 0.25) is 5.91 Å². The molecular formula is C16H24N2O4. The van der Waals surface area contributed by atoms with E-state index in [4.69, 9.17) is 4.74 Å². The Labute approximate surface area is 130 Å². The molecule has 0 aromatic heterocycles. The first kappa shape index (κ1) is 15.3. The van der Waals surface area contributed by atoms with Gasteiger partial charge in [0.1, 0.15) is 17.2 Å². The second-order valence-electron chi connectivity index (χ2n) is 7.54. The van der Waals surface area contributed by atoms with Crippen LogP contribution in [0.15, 0.2) is 0 Å². The molecule has 3 atom stereocenters. The first-order chi connectivity index (χ1) is 10.2. The Bertz CT molecular complexity index is 539. The van der Waals surface area contributed by atoms with Crippen LogP contribution in [0.3, 0.4) is 0 Å². The number of ether oxygens (including phenoxy) is 1. The third kappa shape index (κ3) is 2.03. The van der Waals surface area contributed by atoms with E-state index in [-0.39, 0.29) is 17.7 Å². The van der Waals surface area contributed by atoms with Crippen molar-refractivity contribution in [1.82, 2.24) is 9.80 Å². The standard InChI is InChI=1S/C16H24N2O4/c1-5-10-9-16(10)13(20)17-8-6-7-11(17)12(19)18(16)14(21)22-15(2,3)4/h10-11H,5-9H2,1-4H3/t10-,11-,16+/m0/s1. The number of carbonyl (C=O) groups excluding carboxylic acids is 3. The third-order valence-electron chi connectivity index (χ3n) is 4.93. The fourth-order valence-corrected chi connectivity index (χ4v) is 3.85. The summed E-state index contributed by atoms with van der Waals surface area (Å²) in [5.74, 6) is -0.271. The second kappa shape index (κ2) is 4.70. The Morgan fingerprint density at radius 3 is 2.59 bits per heavy atom. The minimum absolute atomic E-state index is 0.0537. The maximum absolute atomic E-state index is 12.9. The summed E-state index contributed by atoms with van der Waals surface area (Å²) in [4.78, 5) is 41.2. The quantitative estimate of drug-likeness (QED) is 0.742. The number of hydrogen-bond acceptors (Lipinski definition) is 4. The molecule has 2 heterocycles. The Hall–Kier alpha value is -1.59. The molecule has 122 valence electrons. The van der Waals surface area contributed by atoms with Gasteiger partial charge in [0.15, 0.2) is 0 Å². The number of carbonyl (C=O) groups is 3. The summed E-state index contributed by atoms with van der Waals surface area (Å²) in [6, 6.07) is -0.483. The Morgan fingerprint density at radius 2 is 2.05 bits per heavy atom. The molecule has 0 aromatic rings. The molecule has 3 rings (SSSR count). The zero-order chi connectivity index (χ0) is 16.3. The molecule has 0 bridgehead atoms. The molecule has 3 fully saturated rings. The molecule has 1 saturated carbocycles. The van der Waals surface area contributed by atoms with E-state index in [1.54, 1.807) is 25.7 Å². The van der Waals surface area contributed by atoms with Gasteiger partial charge in [-0.15, -0.1) is 0 Å². The predicted octanol–water partition coefficient (Wildman–Crippen LogP) is 1.92. The Balaban J connectivity index is 1.96. The first-order valence-electron chi connectivity index (χ1n) is 8.10. The van der Waals surface area contributed by atoms with Crippen molar-refractivity contribution >= 4 is 17.9 Å². The van der Waals surface area contributed by atoms with Crippen molar-refractivity contribution in [3.05, 3.63) is 0 Å². The number of piperazine rings is 1. The largest absolute Gasteiger partial charge is 0.443 e. The summed E-state index contributed by atoms with van der Waals surface area (Å²) in [7, 11) is 0. The second-order valence-corrected chi connectivity index (χ2v) is 7.54. The smallest absolute Gasteiger partial charge is 0.418 e. The normalized spacial score (nSPS) is 34.2. The number of imide groups is 1. The van der Waals surface area contributed by atoms with Crippen molar-refractivity contribution in [2.24, 2.45) is 5.92 Å². The van der Waals surface area contributed by atoms with Gasteiger partial charge in [-0.25, -0.2) is 9.69 Å². The van der Waals surface area contributed by atoms with Crippen LogP contribution >= 0.6 is 0 Å². The number of nitrogens with zero attached hydrogens (tertiary/aromatic N) is 2. The topological polar surface area (TPSA) is 66.9 Å². The van der Waals surface area contributed by atoms with E-state index < -0.39 is 23.3 Å². The minimum atomic E-state index is -0.977. The molecule has 6 nitrogen and oxygen atoms in total. The summed E-state index contributed by atoms with van der Waals surface area (Å²) in [5, 5.41) is 0. The predicted molar refractivity (Wildman–Crippen MR) is 78.9 cm³/mol. The zero-order valence-corrected chi connectivity index (χ0v) is 13.7. The van der Waals surface area contributed by atoms with Crippen LogP contribution < -0.4 is 0 Å². The Kier molecular flexibility index (Phi) is 3.27. The molecule has 2 aliphatic heterocycles. The lowest BCUT2D eigenvalue weighted by Gasteiger charge is -2.42. The van der Waals surface area contributed by atoms with Crippen LogP contribution in [0.5, 0.6) is 0 Å². The molecule has 0 radical (unpaired) electrons. The van der Waals surface area contributed by atoms with Gasteiger partial charge < -0.3 is 9.64 Å². The van der Waals surface area contributed by atoms with Crippen LogP contribution in [-0.4, -0.2) is 51.4 Å². The fraction of sp³-hybridized carbons (Fsp3) is 0.812. The highest BCUT2D eigenvalue weighted by molar-refractivity contribution is 6.09. The average Bonchev–Trinajstić information content (AvgIpc) is 2.90. The highest BCUT2D eigenvalue weighted by Gasteiger charge is 2.71. The fourth-order valence-electron chi connectivity index (χ4n) is 3.85. The van der Waals surface area contributed by atoms with Gasteiger partial charge >= 0.3 is 6.09 Å². The minimum Gasteiger partial charge on any atom is -0.443 e. The van der Waals surface area contributed by atoms with Crippen LogP contribution in [0.25, 0.3) is 0 Å². The molecule has 3 aliphatic rings. The van der Waals surface area contributed by atoms with Crippen LogP contribution in [0.2, 0.25) is 0 Å². The maximum Gasteiger partial charge on any atom is 0.418 e. The molecule has 0 N–H and O–H groups in total. The van der Waals surface area contributed by atoms with Crippen molar-refractivity contribution in [1.29, 1.82) is 0 Å². The van der Waals surface area contributed by atoms with E-state index in [1.807, 2.05) is 6.92 Å². The lowest BCUT2D eigenvalue weighted by molar-refractivity contribution is -0.161. The van der Waals surface area contributed by atoms with E-state index in [9.17, 15) is 14.4 Å². The van der Waals surface area contributed by atoms with E-state index in [0.717, 1.165) is 17.7 Å². The number of rotatable bonds is 1. The van der Waals surface area contributed by atoms with Crippen molar-refractivity contribution in [3.63, 3.8) is 0 Å². The van der Waals surface area contributed by atoms with Crippen molar-refractivity contribution in [2.45, 2.75) is 70.6 Å². The van der Waals surface area contributed by atoms with Gasteiger partial charge in [-0.3, -0.25) is 9.59 Å². The van der Waals surface area contributed by atoms with Gasteiger partial charge in [0.25, 0.3) is 5.91 Å². The van der Waals surface area contributed by atoms with Crippen molar-refractivity contribution in [2.75, 3.05) is 6.54 Å². The lowest BCUT2D eigenvalue weighted by atomic mass is 10.0. The molecule has 6 heteroatoms. The molecule has 0 unspecified atom stereocenters. The third-order valence-corrected chi connectivity index (χ3v) is 4.93. The van der Waals surface area contributed by atoms with Crippen LogP contribution in [-0.2, 0) is 14.3 Å². The average molecular weight is 308 g/mol. The summed E-state index contributed by atoms with van der Waals surface area (Å²) in [5.41, 5.74) is -1.67. The molecule has 3 amide bonds. The van der Waals surface area contributed by atoms with E-state index >= 15 is 0 Å². The van der Waals surface area contributed by atoms with E-state index in [1.165, 1.54) is 0 Å². The Morgan fingerprint density at radius 1 is 1.36 bits per heavy atom. The number of hydrogen-bond donors (Lipinski definition) is 0. The zero-order valence-electron chi connectivity index (χ0n) is 13.7. The number of fused-ring (bicyclic) bond motifs is 1. The van der Waals surface area contributed by atoms with Gasteiger partial charge in [-0.2, -0.15) is 0 Å². The van der Waals surface area contributed by atoms with Crippen LogP contribution in [0, 0.1) is 5.92 Å². The molecular weight excluding hydrogens is 284 g/mol. The summed E-state index contributed by atoms with van der Waals surface area (Å²) >= 11 is 0. The number of amides is 3. The van der Waals surface area contributed by atoms with E-state index in [2.05, 4.69) is 0 Å². The van der Waals surface area contributed by atoms with Gasteiger partial charge in [-0.05, 0) is 46.0 Å². The monoisotopic (exact) mass is 308 g/mol. The molecule has 1 spiro atoms. The molecule has 2 saturated heterocycles. The van der Waals surface area contributed by atoms with Gasteiger partial charge in [0, 0.05) is 6.54 Å². The highest BCUT2D eigenvalue weighted by atomic mass is 16.6. The molecule has 1 aliphatic carbocycles. The van der Waals surface area contributed by atoms with Crippen LogP contribution in [0.4, 0.5) is 4.79 Å². The first-order valence-corrected chi connectivity index (χ1v) is 8.10. The molecule has 22 heavy (non-hydrogen) atoms. The summed E-state index contributed by atoms with van der Waals surface area (Å²) in [6.07, 6.45) is 2.12. The van der Waals surface area contributed by atoms with Gasteiger partial charge in [-0.1, -0.05) is 13.3 Å². The molecule has 0 aromatic carbocycles. The van der Waals surface area contributed by atoms with Crippen molar-refractivity contribution < 1.29 is 19.1 Å². The van der Waals surface area contributed by atoms with E-state index in [0.29, 0.717) is 19.4 Å². The van der Waals surface area contributed by atoms with Gasteiger partial charge in [0.05, 0.1) is 0 Å². The summed E-state index contributed by atoms with van der Waals surface area (Å²) < 4.78 is 5.41. The lowest BCUT2D eigenvalue weighted by Crippen LogP contribution is -2.67. The summed E-state index contributed by atoms with van der Waals surface area (Å²) in [6.45, 7) is 7.90. The van der Waals surface area contributed by atoms with Crippen molar-refractivity contribution in [3.8, 4) is 0 Å². The maximum atomic E-state index is 12.9.